The molecule has 0 aliphatic carbocycles. The van der Waals surface area contributed by atoms with E-state index in [0.29, 0.717) is 5.76 Å². The molecule has 1 aromatic carbocycles. The van der Waals surface area contributed by atoms with Gasteiger partial charge in [0.2, 0.25) is 10.0 Å². The molecule has 2 aromatic rings. The summed E-state index contributed by atoms with van der Waals surface area (Å²) in [5.41, 5.74) is 0.816. The maximum atomic E-state index is 12.3. The van der Waals surface area contributed by atoms with Crippen LogP contribution in [0, 0.1) is 6.92 Å². The third-order valence-electron chi connectivity index (χ3n) is 3.19. The molecule has 7 heteroatoms. The molecular weight excluding hydrogens is 306 g/mol. The molecule has 6 nitrogen and oxygen atoms in total. The molecule has 0 bridgehead atoms. The monoisotopic (exact) mass is 325 g/mol. The first-order valence-electron chi connectivity index (χ1n) is 6.80. The molecule has 1 atom stereocenters. The number of benzene rings is 1. The number of aliphatic hydroxyl groups excluding tert-OH is 1. The van der Waals surface area contributed by atoms with Crippen LogP contribution in [0.2, 0.25) is 0 Å². The van der Waals surface area contributed by atoms with Crippen LogP contribution in [-0.4, -0.2) is 27.2 Å². The normalized spacial score (nSPS) is 13.0. The summed E-state index contributed by atoms with van der Waals surface area (Å²) < 4.78 is 37.3. The van der Waals surface area contributed by atoms with E-state index in [4.69, 9.17) is 9.15 Å². The number of hydrogen-bond acceptors (Lipinski definition) is 5. The van der Waals surface area contributed by atoms with Crippen molar-refractivity contribution in [2.45, 2.75) is 24.3 Å². The summed E-state index contributed by atoms with van der Waals surface area (Å²) >= 11 is 0. The van der Waals surface area contributed by atoms with Crippen molar-refractivity contribution in [3.05, 3.63) is 47.9 Å². The van der Waals surface area contributed by atoms with Gasteiger partial charge in [-0.25, -0.2) is 13.1 Å². The molecule has 1 aromatic heterocycles. The highest BCUT2D eigenvalue weighted by Gasteiger charge is 2.20. The van der Waals surface area contributed by atoms with Gasteiger partial charge in [-0.2, -0.15) is 0 Å². The summed E-state index contributed by atoms with van der Waals surface area (Å²) in [5.74, 6) is 0.692. The van der Waals surface area contributed by atoms with Crippen LogP contribution in [0.1, 0.15) is 23.8 Å². The summed E-state index contributed by atoms with van der Waals surface area (Å²) in [6.45, 7) is 1.89. The molecule has 0 saturated heterocycles. The van der Waals surface area contributed by atoms with Gasteiger partial charge in [-0.15, -0.1) is 0 Å². The molecule has 22 heavy (non-hydrogen) atoms. The Morgan fingerprint density at radius 3 is 2.77 bits per heavy atom. The van der Waals surface area contributed by atoms with Gasteiger partial charge in [0.15, 0.2) is 0 Å². The van der Waals surface area contributed by atoms with E-state index in [9.17, 15) is 13.5 Å². The van der Waals surface area contributed by atoms with Crippen molar-refractivity contribution in [2.75, 3.05) is 13.7 Å². The Labute approximate surface area is 129 Å². The maximum Gasteiger partial charge on any atom is 0.244 e. The zero-order valence-corrected chi connectivity index (χ0v) is 13.3. The summed E-state index contributed by atoms with van der Waals surface area (Å²) in [7, 11) is -2.29. The number of ether oxygens (including phenoxy) is 1. The highest BCUT2D eigenvalue weighted by atomic mass is 32.2. The van der Waals surface area contributed by atoms with Crippen LogP contribution in [0.5, 0.6) is 5.75 Å². The summed E-state index contributed by atoms with van der Waals surface area (Å²) in [6.07, 6.45) is 0.818. The number of aryl methyl sites for hydroxylation is 1. The van der Waals surface area contributed by atoms with Crippen LogP contribution in [0.15, 0.2) is 45.9 Å². The van der Waals surface area contributed by atoms with Crippen LogP contribution in [0.4, 0.5) is 0 Å². The molecule has 0 aliphatic heterocycles. The van der Waals surface area contributed by atoms with E-state index >= 15 is 0 Å². The molecule has 120 valence electrons. The Morgan fingerprint density at radius 1 is 1.36 bits per heavy atom. The van der Waals surface area contributed by atoms with Crippen molar-refractivity contribution < 1.29 is 22.7 Å². The van der Waals surface area contributed by atoms with Crippen LogP contribution in [0.3, 0.4) is 0 Å². The standard InChI is InChI=1S/C15H19NO5S/c1-11-5-6-14(20-2)15(10-11)22(18,19)16-8-7-12(17)13-4-3-9-21-13/h3-6,9-10,12,16-17H,7-8H2,1-2H3/t12-/m0/s1. The maximum absolute atomic E-state index is 12.3. The average Bonchev–Trinajstić information content (AvgIpc) is 3.01. The van der Waals surface area contributed by atoms with E-state index in [1.54, 1.807) is 37.3 Å². The Balaban J connectivity index is 2.04. The number of nitrogens with one attached hydrogen (secondary N) is 1. The Bertz CT molecular complexity index is 710. The highest BCUT2D eigenvalue weighted by Crippen LogP contribution is 2.24. The average molecular weight is 325 g/mol. The smallest absolute Gasteiger partial charge is 0.244 e. The SMILES string of the molecule is COc1ccc(C)cc1S(=O)(=O)NCC[C@H](O)c1ccco1. The summed E-state index contributed by atoms with van der Waals surface area (Å²) in [4.78, 5) is 0.0856. The Morgan fingerprint density at radius 2 is 2.14 bits per heavy atom. The summed E-state index contributed by atoms with van der Waals surface area (Å²) in [5, 5.41) is 9.87. The van der Waals surface area contributed by atoms with Crippen molar-refractivity contribution in [1.82, 2.24) is 4.72 Å². The van der Waals surface area contributed by atoms with E-state index in [-0.39, 0.29) is 23.6 Å². The molecule has 0 saturated carbocycles. The van der Waals surface area contributed by atoms with Crippen LogP contribution < -0.4 is 9.46 Å². The molecule has 0 aliphatic rings. The van der Waals surface area contributed by atoms with Gasteiger partial charge >= 0.3 is 0 Å². The lowest BCUT2D eigenvalue weighted by molar-refractivity contribution is 0.141. The third-order valence-corrected chi connectivity index (χ3v) is 4.67. The Hall–Kier alpha value is -1.83. The lowest BCUT2D eigenvalue weighted by Crippen LogP contribution is -2.26. The van der Waals surface area contributed by atoms with E-state index < -0.39 is 16.1 Å². The van der Waals surface area contributed by atoms with Gasteiger partial charge in [-0.3, -0.25) is 0 Å². The van der Waals surface area contributed by atoms with E-state index in [1.165, 1.54) is 13.4 Å². The van der Waals surface area contributed by atoms with E-state index in [1.807, 2.05) is 0 Å². The van der Waals surface area contributed by atoms with Crippen LogP contribution in [0.25, 0.3) is 0 Å². The third kappa shape index (κ3) is 3.88. The molecule has 2 N–H and O–H groups in total. The highest BCUT2D eigenvalue weighted by molar-refractivity contribution is 7.89. The molecule has 0 radical (unpaired) electrons. The molecule has 1 heterocycles. The van der Waals surface area contributed by atoms with Gasteiger partial charge in [0, 0.05) is 6.54 Å². The van der Waals surface area contributed by atoms with Crippen molar-refractivity contribution in [2.24, 2.45) is 0 Å². The zero-order valence-electron chi connectivity index (χ0n) is 12.4. The minimum absolute atomic E-state index is 0.0846. The quantitative estimate of drug-likeness (QED) is 0.813. The molecule has 0 spiro atoms. The minimum Gasteiger partial charge on any atom is -0.495 e. The topological polar surface area (TPSA) is 88.8 Å². The van der Waals surface area contributed by atoms with Crippen molar-refractivity contribution in [3.63, 3.8) is 0 Å². The predicted molar refractivity (Wildman–Crippen MR) is 81.2 cm³/mol. The summed E-state index contributed by atoms with van der Waals surface area (Å²) in [6, 6.07) is 8.24. The molecule has 0 unspecified atom stereocenters. The number of hydrogen-bond donors (Lipinski definition) is 2. The van der Waals surface area contributed by atoms with Gasteiger partial charge in [-0.1, -0.05) is 6.07 Å². The van der Waals surface area contributed by atoms with Crippen LogP contribution in [-0.2, 0) is 10.0 Å². The molecule has 0 fully saturated rings. The lowest BCUT2D eigenvalue weighted by atomic mass is 10.2. The number of aliphatic hydroxyl groups is 1. The number of sulfonamides is 1. The second-order valence-corrected chi connectivity index (χ2v) is 6.61. The fourth-order valence-electron chi connectivity index (χ4n) is 2.02. The Kier molecular flexibility index (Phi) is 5.23. The number of furan rings is 1. The minimum atomic E-state index is -3.71. The number of rotatable bonds is 7. The van der Waals surface area contributed by atoms with Crippen molar-refractivity contribution >= 4 is 10.0 Å². The first kappa shape index (κ1) is 16.5. The predicted octanol–water partition coefficient (Wildman–Crippen LogP) is 2.00. The van der Waals surface area contributed by atoms with Gasteiger partial charge in [0.25, 0.3) is 0 Å². The largest absolute Gasteiger partial charge is 0.495 e. The second-order valence-electron chi connectivity index (χ2n) is 4.87. The molecule has 0 amide bonds. The van der Waals surface area contributed by atoms with E-state index in [2.05, 4.69) is 4.72 Å². The fraction of sp³-hybridized carbons (Fsp3) is 0.333. The van der Waals surface area contributed by atoms with Crippen molar-refractivity contribution in [1.29, 1.82) is 0 Å². The van der Waals surface area contributed by atoms with Crippen molar-refractivity contribution in [3.8, 4) is 5.75 Å². The van der Waals surface area contributed by atoms with E-state index in [0.717, 1.165) is 5.56 Å². The zero-order chi connectivity index (χ0) is 16.2. The lowest BCUT2D eigenvalue weighted by Gasteiger charge is -2.12. The number of methoxy groups -OCH3 is 1. The first-order valence-corrected chi connectivity index (χ1v) is 8.28. The van der Waals surface area contributed by atoms with Gasteiger partial charge < -0.3 is 14.3 Å². The molecular formula is C15H19NO5S. The fourth-order valence-corrected chi connectivity index (χ4v) is 3.32. The molecule has 2 rings (SSSR count). The van der Waals surface area contributed by atoms with Gasteiger partial charge in [-0.05, 0) is 43.2 Å². The van der Waals surface area contributed by atoms with Crippen LogP contribution >= 0.6 is 0 Å². The first-order chi connectivity index (χ1) is 10.4. The van der Waals surface area contributed by atoms with Gasteiger partial charge in [0.05, 0.1) is 13.4 Å². The second kappa shape index (κ2) is 6.95. The van der Waals surface area contributed by atoms with Gasteiger partial charge in [0.1, 0.15) is 22.5 Å².